The fourth-order valence-corrected chi connectivity index (χ4v) is 1.52. The fourth-order valence-electron chi connectivity index (χ4n) is 1.52. The third-order valence-electron chi connectivity index (χ3n) is 2.62. The molecule has 2 N–H and O–H groups in total. The highest BCUT2D eigenvalue weighted by Gasteiger charge is 2.16. The molecule has 0 aliphatic carbocycles. The van der Waals surface area contributed by atoms with Crippen molar-refractivity contribution in [1.29, 1.82) is 0 Å². The van der Waals surface area contributed by atoms with Crippen LogP contribution in [-0.4, -0.2) is 18.1 Å². The number of pyridine rings is 1. The Bertz CT molecular complexity index is 364. The molecule has 0 fully saturated rings. The Hall–Kier alpha value is -1.09. The van der Waals surface area contributed by atoms with Gasteiger partial charge in [-0.15, -0.1) is 0 Å². The van der Waals surface area contributed by atoms with Crippen molar-refractivity contribution >= 4 is 5.82 Å². The van der Waals surface area contributed by atoms with E-state index in [2.05, 4.69) is 62.4 Å². The molecule has 0 unspecified atom stereocenters. The lowest BCUT2D eigenvalue weighted by molar-refractivity contribution is 0.562. The minimum absolute atomic E-state index is 0.0828. The molecule has 0 saturated carbocycles. The highest BCUT2D eigenvalue weighted by Crippen LogP contribution is 2.23. The van der Waals surface area contributed by atoms with Crippen LogP contribution in [-0.2, 0) is 12.0 Å². The van der Waals surface area contributed by atoms with Gasteiger partial charge in [0.1, 0.15) is 5.82 Å². The van der Waals surface area contributed by atoms with E-state index < -0.39 is 0 Å². The summed E-state index contributed by atoms with van der Waals surface area (Å²) in [5, 5.41) is 6.56. The molecule has 1 aromatic rings. The summed E-state index contributed by atoms with van der Waals surface area (Å²) in [5.74, 6) is 0.943. The molecule has 17 heavy (non-hydrogen) atoms. The second-order valence-electron chi connectivity index (χ2n) is 5.78. The summed E-state index contributed by atoms with van der Waals surface area (Å²) in [5.41, 5.74) is 2.49. The first-order valence-electron chi connectivity index (χ1n) is 6.25. The SMILES string of the molecule is CNc1cc(CNC(C)C)cc(C(C)(C)C)n1. The van der Waals surface area contributed by atoms with Gasteiger partial charge in [-0.3, -0.25) is 0 Å². The van der Waals surface area contributed by atoms with Crippen LogP contribution in [0.5, 0.6) is 0 Å². The normalized spacial score (nSPS) is 11.9. The van der Waals surface area contributed by atoms with E-state index in [1.54, 1.807) is 0 Å². The van der Waals surface area contributed by atoms with Gasteiger partial charge < -0.3 is 10.6 Å². The lowest BCUT2D eigenvalue weighted by Crippen LogP contribution is -2.23. The summed E-state index contributed by atoms with van der Waals surface area (Å²) in [6, 6.07) is 4.79. The number of aromatic nitrogens is 1. The van der Waals surface area contributed by atoms with Gasteiger partial charge in [-0.05, 0) is 17.7 Å². The van der Waals surface area contributed by atoms with Crippen LogP contribution in [0.1, 0.15) is 45.9 Å². The fraction of sp³-hybridized carbons (Fsp3) is 0.643. The lowest BCUT2D eigenvalue weighted by atomic mass is 9.90. The third-order valence-corrected chi connectivity index (χ3v) is 2.62. The van der Waals surface area contributed by atoms with Crippen LogP contribution in [0.4, 0.5) is 5.82 Å². The highest BCUT2D eigenvalue weighted by atomic mass is 15.0. The zero-order valence-electron chi connectivity index (χ0n) is 11.9. The second-order valence-corrected chi connectivity index (χ2v) is 5.78. The van der Waals surface area contributed by atoms with Crippen molar-refractivity contribution in [3.05, 3.63) is 23.4 Å². The van der Waals surface area contributed by atoms with E-state index in [0.29, 0.717) is 6.04 Å². The van der Waals surface area contributed by atoms with Gasteiger partial charge in [-0.2, -0.15) is 0 Å². The maximum absolute atomic E-state index is 4.61. The van der Waals surface area contributed by atoms with Crippen molar-refractivity contribution in [3.63, 3.8) is 0 Å². The molecule has 96 valence electrons. The second kappa shape index (κ2) is 5.50. The van der Waals surface area contributed by atoms with Crippen LogP contribution < -0.4 is 10.6 Å². The van der Waals surface area contributed by atoms with Gasteiger partial charge in [0.15, 0.2) is 0 Å². The number of anilines is 1. The average molecular weight is 235 g/mol. The van der Waals surface area contributed by atoms with E-state index >= 15 is 0 Å². The maximum atomic E-state index is 4.61. The molecule has 0 bridgehead atoms. The van der Waals surface area contributed by atoms with Crippen molar-refractivity contribution in [2.75, 3.05) is 12.4 Å². The number of nitrogens with zero attached hydrogens (tertiary/aromatic N) is 1. The van der Waals surface area contributed by atoms with Crippen LogP contribution in [0.15, 0.2) is 12.1 Å². The zero-order valence-corrected chi connectivity index (χ0v) is 11.9. The number of hydrogen-bond acceptors (Lipinski definition) is 3. The first-order chi connectivity index (χ1) is 7.82. The van der Waals surface area contributed by atoms with Crippen LogP contribution >= 0.6 is 0 Å². The smallest absolute Gasteiger partial charge is 0.126 e. The number of rotatable bonds is 4. The Kier molecular flexibility index (Phi) is 4.52. The molecule has 0 radical (unpaired) electrons. The topological polar surface area (TPSA) is 37.0 Å². The van der Waals surface area contributed by atoms with E-state index in [9.17, 15) is 0 Å². The monoisotopic (exact) mass is 235 g/mol. The maximum Gasteiger partial charge on any atom is 0.126 e. The van der Waals surface area contributed by atoms with Gasteiger partial charge in [-0.25, -0.2) is 4.98 Å². The summed E-state index contributed by atoms with van der Waals surface area (Å²) < 4.78 is 0. The third kappa shape index (κ3) is 4.35. The van der Waals surface area contributed by atoms with E-state index in [4.69, 9.17) is 0 Å². The van der Waals surface area contributed by atoms with Crippen LogP contribution in [0.3, 0.4) is 0 Å². The summed E-state index contributed by atoms with van der Waals surface area (Å²) in [6.45, 7) is 11.8. The minimum atomic E-state index is 0.0828. The first kappa shape index (κ1) is 14.0. The molecule has 0 spiro atoms. The van der Waals surface area contributed by atoms with Gasteiger partial charge in [-0.1, -0.05) is 34.6 Å². The Labute approximate surface area is 105 Å². The lowest BCUT2D eigenvalue weighted by Gasteiger charge is -2.20. The van der Waals surface area contributed by atoms with Gasteiger partial charge >= 0.3 is 0 Å². The van der Waals surface area contributed by atoms with E-state index in [-0.39, 0.29) is 5.41 Å². The number of nitrogens with one attached hydrogen (secondary N) is 2. The molecule has 0 aliphatic heterocycles. The van der Waals surface area contributed by atoms with Gasteiger partial charge in [0.05, 0.1) is 0 Å². The van der Waals surface area contributed by atoms with E-state index in [1.807, 2.05) is 7.05 Å². The van der Waals surface area contributed by atoms with E-state index in [0.717, 1.165) is 18.1 Å². The van der Waals surface area contributed by atoms with Crippen molar-refractivity contribution in [3.8, 4) is 0 Å². The van der Waals surface area contributed by atoms with Gasteiger partial charge in [0, 0.05) is 30.7 Å². The molecule has 0 amide bonds. The van der Waals surface area contributed by atoms with Crippen LogP contribution in [0, 0.1) is 0 Å². The quantitative estimate of drug-likeness (QED) is 0.842. The Morgan fingerprint density at radius 2 is 1.88 bits per heavy atom. The van der Waals surface area contributed by atoms with E-state index in [1.165, 1.54) is 5.56 Å². The molecule has 1 rings (SSSR count). The minimum Gasteiger partial charge on any atom is -0.373 e. The largest absolute Gasteiger partial charge is 0.373 e. The Balaban J connectivity index is 2.97. The molecule has 0 aliphatic rings. The first-order valence-corrected chi connectivity index (χ1v) is 6.25. The summed E-state index contributed by atoms with van der Waals surface area (Å²) in [6.07, 6.45) is 0. The summed E-state index contributed by atoms with van der Waals surface area (Å²) in [7, 11) is 1.91. The molecule has 1 aromatic heterocycles. The van der Waals surface area contributed by atoms with Crippen molar-refractivity contribution in [2.24, 2.45) is 0 Å². The summed E-state index contributed by atoms with van der Waals surface area (Å²) >= 11 is 0. The van der Waals surface area contributed by atoms with Crippen LogP contribution in [0.2, 0.25) is 0 Å². The van der Waals surface area contributed by atoms with Crippen molar-refractivity contribution in [2.45, 2.75) is 52.6 Å². The average Bonchev–Trinajstić information content (AvgIpc) is 2.24. The van der Waals surface area contributed by atoms with Crippen molar-refractivity contribution in [1.82, 2.24) is 10.3 Å². The van der Waals surface area contributed by atoms with Crippen molar-refractivity contribution < 1.29 is 0 Å². The predicted molar refractivity (Wildman–Crippen MR) is 74.5 cm³/mol. The summed E-state index contributed by atoms with van der Waals surface area (Å²) in [4.78, 5) is 4.61. The number of hydrogen-bond donors (Lipinski definition) is 2. The van der Waals surface area contributed by atoms with Gasteiger partial charge in [0.2, 0.25) is 0 Å². The predicted octanol–water partition coefficient (Wildman–Crippen LogP) is 2.92. The molecule has 3 heteroatoms. The Morgan fingerprint density at radius 3 is 2.35 bits per heavy atom. The Morgan fingerprint density at radius 1 is 1.24 bits per heavy atom. The zero-order chi connectivity index (χ0) is 13.1. The van der Waals surface area contributed by atoms with Crippen LogP contribution in [0.25, 0.3) is 0 Å². The molecular weight excluding hydrogens is 210 g/mol. The molecular formula is C14H25N3. The van der Waals surface area contributed by atoms with Gasteiger partial charge in [0.25, 0.3) is 0 Å². The molecule has 0 atom stereocenters. The molecule has 1 heterocycles. The standard InChI is InChI=1S/C14H25N3/c1-10(2)16-9-11-7-12(14(3,4)5)17-13(8-11)15-6/h7-8,10,16H,9H2,1-6H3,(H,15,17). The molecule has 0 saturated heterocycles. The highest BCUT2D eigenvalue weighted by molar-refractivity contribution is 5.40. The molecule has 3 nitrogen and oxygen atoms in total. The molecule has 0 aromatic carbocycles.